The molecule has 1 saturated heterocycles. The molecule has 0 saturated carbocycles. The van der Waals surface area contributed by atoms with Crippen LogP contribution in [0.2, 0.25) is 0 Å². The molecule has 10 N–H and O–H groups in total. The van der Waals surface area contributed by atoms with Crippen LogP contribution in [0.3, 0.4) is 0 Å². The first-order valence-electron chi connectivity index (χ1n) is 7.57. The van der Waals surface area contributed by atoms with E-state index in [1.54, 1.807) is 0 Å². The fraction of sp³-hybridized carbons (Fsp3) is 0.833. The highest BCUT2D eigenvalue weighted by atomic mass is 79.9. The molecule has 1 heterocycles. The normalized spacial score (nSPS) is 13.9. The van der Waals surface area contributed by atoms with Gasteiger partial charge in [0, 0.05) is 39.3 Å². The summed E-state index contributed by atoms with van der Waals surface area (Å²) >= 11 is 0. The largest absolute Gasteiger partial charge is 0.369 e. The van der Waals surface area contributed by atoms with Gasteiger partial charge in [-0.2, -0.15) is 0 Å². The van der Waals surface area contributed by atoms with E-state index in [0.29, 0.717) is 13.1 Å². The fourth-order valence-corrected chi connectivity index (χ4v) is 2.41. The van der Waals surface area contributed by atoms with Gasteiger partial charge in [0.2, 0.25) is 11.9 Å². The number of nitrogens with one attached hydrogen (secondary N) is 2. The first-order chi connectivity index (χ1) is 10.4. The average Bonchev–Trinajstić information content (AvgIpc) is 2.48. The maximum atomic E-state index is 7.20. The van der Waals surface area contributed by atoms with E-state index in [9.17, 15) is 0 Å². The molecule has 1 fully saturated rings. The van der Waals surface area contributed by atoms with Gasteiger partial charge in [0.25, 0.3) is 0 Å². The summed E-state index contributed by atoms with van der Waals surface area (Å²) in [4.78, 5) is 4.80. The third-order valence-corrected chi connectivity index (χ3v) is 3.83. The molecule has 1 aliphatic rings. The molecule has 26 heavy (non-hydrogen) atoms. The van der Waals surface area contributed by atoms with Crippen LogP contribution in [0.25, 0.3) is 0 Å². The number of hydrazine groups is 2. The number of guanidine groups is 2. The number of hydrogen-bond donors (Lipinski definition) is 6. The summed E-state index contributed by atoms with van der Waals surface area (Å²) in [5.41, 5.74) is 10.6. The Morgan fingerprint density at radius 1 is 0.692 bits per heavy atom. The van der Waals surface area contributed by atoms with Crippen molar-refractivity contribution in [1.29, 1.82) is 10.8 Å². The minimum Gasteiger partial charge on any atom is -0.369 e. The van der Waals surface area contributed by atoms with Gasteiger partial charge >= 0.3 is 0 Å². The lowest BCUT2D eigenvalue weighted by atomic mass is 10.2. The molecule has 0 radical (unpaired) electrons. The van der Waals surface area contributed by atoms with E-state index in [-0.39, 0.29) is 79.8 Å². The van der Waals surface area contributed by atoms with Gasteiger partial charge in [-0.3, -0.25) is 20.8 Å². The lowest BCUT2D eigenvalue weighted by molar-refractivity contribution is 0.126. The van der Waals surface area contributed by atoms with Gasteiger partial charge in [0.1, 0.15) is 0 Å². The Morgan fingerprint density at radius 3 is 1.19 bits per heavy atom. The van der Waals surface area contributed by atoms with Crippen LogP contribution in [0.5, 0.6) is 0 Å². The molecule has 0 bridgehead atoms. The minimum absolute atomic E-state index is 0. The molecule has 0 aromatic carbocycles. The Labute approximate surface area is 198 Å². The molecule has 0 spiro atoms. The summed E-state index contributed by atoms with van der Waals surface area (Å²) in [6.07, 6.45) is 1.80. The lowest BCUT2D eigenvalue weighted by Crippen LogP contribution is -2.49. The molecule has 0 aromatic heterocycles. The molecule has 10 nitrogen and oxygen atoms in total. The van der Waals surface area contributed by atoms with Crippen LogP contribution < -0.4 is 23.2 Å². The van der Waals surface area contributed by atoms with Gasteiger partial charge in [-0.25, -0.2) is 11.7 Å². The number of rotatable bonds is 8. The summed E-state index contributed by atoms with van der Waals surface area (Å²) in [6.45, 7) is 7.27. The zero-order valence-corrected chi connectivity index (χ0v) is 21.7. The highest BCUT2D eigenvalue weighted by molar-refractivity contribution is 8.93. The molecular formula is C12H34Br4N10. The van der Waals surface area contributed by atoms with Gasteiger partial charge < -0.3 is 21.3 Å². The Kier molecular flexibility index (Phi) is 24.3. The van der Waals surface area contributed by atoms with E-state index in [2.05, 4.69) is 9.80 Å². The highest BCUT2D eigenvalue weighted by Crippen LogP contribution is 2.03. The maximum absolute atomic E-state index is 7.20. The number of nitrogens with two attached hydrogens (primary N) is 4. The first kappa shape index (κ1) is 33.9. The fourth-order valence-electron chi connectivity index (χ4n) is 2.41. The summed E-state index contributed by atoms with van der Waals surface area (Å²) in [5.74, 6) is 11.0. The third-order valence-electron chi connectivity index (χ3n) is 3.83. The molecular weight excluding hydrogens is 604 g/mol. The second kappa shape index (κ2) is 18.7. The SMILES string of the molecule is Br.Br.Br.Br.N=C(N)N(N)CCCN1CCN(CCCN(N)C(=N)N)CC1. The zero-order chi connectivity index (χ0) is 16.5. The Balaban J connectivity index is -0.000000605. The summed E-state index contributed by atoms with van der Waals surface area (Å²) in [7, 11) is 0. The van der Waals surface area contributed by atoms with Crippen molar-refractivity contribution in [3.05, 3.63) is 0 Å². The minimum atomic E-state index is -0.0932. The topological polar surface area (TPSA) is 165 Å². The van der Waals surface area contributed by atoms with Crippen LogP contribution >= 0.6 is 67.9 Å². The van der Waals surface area contributed by atoms with Crippen molar-refractivity contribution in [3.63, 3.8) is 0 Å². The molecule has 1 aliphatic heterocycles. The van der Waals surface area contributed by atoms with Crippen molar-refractivity contribution in [2.45, 2.75) is 12.8 Å². The number of piperazine rings is 1. The molecule has 160 valence electrons. The molecule has 0 amide bonds. The predicted octanol–water partition coefficient (Wildman–Crippen LogP) is -0.166. The van der Waals surface area contributed by atoms with Gasteiger partial charge in [-0.15, -0.1) is 67.9 Å². The van der Waals surface area contributed by atoms with Crippen LogP contribution in [0, 0.1) is 10.8 Å². The van der Waals surface area contributed by atoms with Crippen LogP contribution in [-0.4, -0.2) is 84.1 Å². The maximum Gasteiger partial charge on any atom is 0.202 e. The number of hydrogen-bond acceptors (Lipinski definition) is 6. The highest BCUT2D eigenvalue weighted by Gasteiger charge is 2.16. The molecule has 14 heteroatoms. The van der Waals surface area contributed by atoms with Crippen molar-refractivity contribution in [2.75, 3.05) is 52.4 Å². The lowest BCUT2D eigenvalue weighted by Gasteiger charge is -2.35. The quantitative estimate of drug-likeness (QED) is 0.0925. The standard InChI is InChI=1S/C12H30N10.4BrH/c13-11(14)21(17)5-1-3-19-7-9-20(10-8-19)4-2-6-22(18)12(15)16;;;;/h1-10,17-18H2,(H3,13,14)(H3,15,16);4*1H. The van der Waals surface area contributed by atoms with Gasteiger partial charge in [0.05, 0.1) is 0 Å². The number of nitrogens with zero attached hydrogens (tertiary/aromatic N) is 4. The van der Waals surface area contributed by atoms with Crippen LogP contribution in [0.15, 0.2) is 0 Å². The predicted molar refractivity (Wildman–Crippen MR) is 129 cm³/mol. The van der Waals surface area contributed by atoms with E-state index in [1.165, 1.54) is 10.0 Å². The third kappa shape index (κ3) is 14.4. The zero-order valence-electron chi connectivity index (χ0n) is 14.8. The smallest absolute Gasteiger partial charge is 0.202 e. The number of halogens is 4. The summed E-state index contributed by atoms with van der Waals surface area (Å²) in [6, 6.07) is 0. The Morgan fingerprint density at radius 2 is 0.962 bits per heavy atom. The van der Waals surface area contributed by atoms with E-state index in [4.69, 9.17) is 34.0 Å². The monoisotopic (exact) mass is 634 g/mol. The molecule has 0 unspecified atom stereocenters. The van der Waals surface area contributed by atoms with E-state index in [0.717, 1.165) is 52.1 Å². The van der Waals surface area contributed by atoms with Crippen molar-refractivity contribution in [3.8, 4) is 0 Å². The van der Waals surface area contributed by atoms with Crippen molar-refractivity contribution in [1.82, 2.24) is 19.8 Å². The van der Waals surface area contributed by atoms with Crippen molar-refractivity contribution < 1.29 is 0 Å². The second-order valence-electron chi connectivity index (χ2n) is 5.55. The average molecular weight is 638 g/mol. The molecule has 0 atom stereocenters. The van der Waals surface area contributed by atoms with Gasteiger partial charge in [0.15, 0.2) is 0 Å². The van der Waals surface area contributed by atoms with Crippen LogP contribution in [0.1, 0.15) is 12.8 Å². The van der Waals surface area contributed by atoms with Gasteiger partial charge in [-0.1, -0.05) is 0 Å². The van der Waals surface area contributed by atoms with Crippen LogP contribution in [-0.2, 0) is 0 Å². The van der Waals surface area contributed by atoms with Crippen molar-refractivity contribution >= 4 is 79.8 Å². The van der Waals surface area contributed by atoms with Crippen molar-refractivity contribution in [2.24, 2.45) is 23.2 Å². The van der Waals surface area contributed by atoms with E-state index >= 15 is 0 Å². The van der Waals surface area contributed by atoms with E-state index < -0.39 is 0 Å². The Hall–Kier alpha value is 0.300. The Bertz CT molecular complexity index is 334. The molecule has 1 rings (SSSR count). The second-order valence-corrected chi connectivity index (χ2v) is 5.55. The van der Waals surface area contributed by atoms with E-state index in [1.807, 2.05) is 0 Å². The molecule has 0 aromatic rings. The van der Waals surface area contributed by atoms with Gasteiger partial charge in [-0.05, 0) is 25.9 Å². The molecule has 0 aliphatic carbocycles. The first-order valence-corrected chi connectivity index (χ1v) is 7.57. The van der Waals surface area contributed by atoms with Crippen LogP contribution in [0.4, 0.5) is 0 Å². The summed E-state index contributed by atoms with van der Waals surface area (Å²) < 4.78 is 0. The summed E-state index contributed by atoms with van der Waals surface area (Å²) in [5, 5.41) is 16.9.